The van der Waals surface area contributed by atoms with E-state index in [0.717, 1.165) is 26.1 Å². The van der Waals surface area contributed by atoms with Crippen LogP contribution in [0.5, 0.6) is 0 Å². The highest BCUT2D eigenvalue weighted by Gasteiger charge is 2.16. The number of hydrogen-bond donors (Lipinski definition) is 2. The summed E-state index contributed by atoms with van der Waals surface area (Å²) < 4.78 is 5.28. The second-order valence-corrected chi connectivity index (χ2v) is 4.94. The number of amides is 1. The van der Waals surface area contributed by atoms with Crippen LogP contribution in [-0.4, -0.2) is 25.7 Å². The van der Waals surface area contributed by atoms with Gasteiger partial charge in [-0.1, -0.05) is 11.6 Å². The lowest BCUT2D eigenvalue weighted by atomic mass is 10.1. The quantitative estimate of drug-likeness (QED) is 0.822. The molecule has 1 unspecified atom stereocenters. The molecule has 3 N–H and O–H groups in total. The maximum Gasteiger partial charge on any atom is 0.253 e. The zero-order valence-electron chi connectivity index (χ0n) is 10.1. The minimum absolute atomic E-state index is 0.150. The van der Waals surface area contributed by atoms with Crippen LogP contribution in [0.1, 0.15) is 23.2 Å². The summed E-state index contributed by atoms with van der Waals surface area (Å²) in [4.78, 5) is 11.9. The first-order chi connectivity index (χ1) is 8.66. The van der Waals surface area contributed by atoms with Crippen LogP contribution in [0.2, 0.25) is 5.02 Å². The molecule has 0 radical (unpaired) electrons. The van der Waals surface area contributed by atoms with E-state index in [4.69, 9.17) is 22.1 Å². The summed E-state index contributed by atoms with van der Waals surface area (Å²) in [6, 6.07) is 4.89. The van der Waals surface area contributed by atoms with E-state index >= 15 is 0 Å². The molecule has 1 saturated heterocycles. The third-order valence-electron chi connectivity index (χ3n) is 3.12. The molecule has 1 aromatic rings. The first kappa shape index (κ1) is 13.2. The molecular weight excluding hydrogens is 252 g/mol. The van der Waals surface area contributed by atoms with Crippen LogP contribution in [0.15, 0.2) is 18.2 Å². The molecule has 4 nitrogen and oxygen atoms in total. The van der Waals surface area contributed by atoms with Crippen LogP contribution in [0.25, 0.3) is 0 Å². The van der Waals surface area contributed by atoms with Gasteiger partial charge in [-0.15, -0.1) is 0 Å². The minimum Gasteiger partial charge on any atom is -0.398 e. The van der Waals surface area contributed by atoms with Gasteiger partial charge in [0, 0.05) is 30.5 Å². The fourth-order valence-corrected chi connectivity index (χ4v) is 2.22. The second-order valence-electron chi connectivity index (χ2n) is 4.51. The molecule has 2 rings (SSSR count). The molecule has 5 heteroatoms. The molecule has 98 valence electrons. The molecule has 18 heavy (non-hydrogen) atoms. The summed E-state index contributed by atoms with van der Waals surface area (Å²) >= 11 is 5.79. The van der Waals surface area contributed by atoms with Crippen LogP contribution in [-0.2, 0) is 4.74 Å². The Morgan fingerprint density at radius 2 is 2.39 bits per heavy atom. The van der Waals surface area contributed by atoms with Crippen LogP contribution in [0, 0.1) is 5.92 Å². The monoisotopic (exact) mass is 268 g/mol. The molecule has 0 saturated carbocycles. The molecule has 1 fully saturated rings. The fourth-order valence-electron chi connectivity index (χ4n) is 2.04. The maximum absolute atomic E-state index is 11.9. The van der Waals surface area contributed by atoms with E-state index in [1.165, 1.54) is 0 Å². The largest absolute Gasteiger partial charge is 0.398 e. The summed E-state index contributed by atoms with van der Waals surface area (Å²) in [6.45, 7) is 2.29. The molecule has 0 spiro atoms. The molecular formula is C13H17ClN2O2. The number of nitrogens with one attached hydrogen (secondary N) is 1. The predicted molar refractivity (Wildman–Crippen MR) is 71.7 cm³/mol. The van der Waals surface area contributed by atoms with Crippen molar-refractivity contribution in [1.82, 2.24) is 5.32 Å². The summed E-state index contributed by atoms with van der Waals surface area (Å²) in [7, 11) is 0. The van der Waals surface area contributed by atoms with Gasteiger partial charge in [0.1, 0.15) is 0 Å². The van der Waals surface area contributed by atoms with Crippen molar-refractivity contribution >= 4 is 23.2 Å². The van der Waals surface area contributed by atoms with Crippen molar-refractivity contribution in [3.8, 4) is 0 Å². The van der Waals surface area contributed by atoms with E-state index in [9.17, 15) is 4.79 Å². The Morgan fingerprint density at radius 3 is 3.06 bits per heavy atom. The maximum atomic E-state index is 11.9. The van der Waals surface area contributed by atoms with E-state index in [-0.39, 0.29) is 5.91 Å². The van der Waals surface area contributed by atoms with Crippen molar-refractivity contribution in [2.75, 3.05) is 25.5 Å². The number of rotatable bonds is 4. The summed E-state index contributed by atoms with van der Waals surface area (Å²) in [5.74, 6) is 0.413. The normalized spacial score (nSPS) is 18.8. The predicted octanol–water partition coefficient (Wildman–Crippen LogP) is 2.08. The fraction of sp³-hybridized carbons (Fsp3) is 0.462. The number of anilines is 1. The molecule has 1 aliphatic heterocycles. The highest BCUT2D eigenvalue weighted by Crippen LogP contribution is 2.18. The summed E-state index contributed by atoms with van der Waals surface area (Å²) in [6.07, 6.45) is 2.03. The Balaban J connectivity index is 1.83. The number of nitrogen functional groups attached to an aromatic ring is 1. The number of benzene rings is 1. The van der Waals surface area contributed by atoms with E-state index in [0.29, 0.717) is 28.7 Å². The second kappa shape index (κ2) is 6.07. The lowest BCUT2D eigenvalue weighted by molar-refractivity contribution is 0.0951. The third-order valence-corrected chi connectivity index (χ3v) is 3.36. The van der Waals surface area contributed by atoms with Gasteiger partial charge >= 0.3 is 0 Å². The van der Waals surface area contributed by atoms with Gasteiger partial charge in [0.25, 0.3) is 5.91 Å². The molecule has 1 amide bonds. The van der Waals surface area contributed by atoms with Crippen molar-refractivity contribution in [1.29, 1.82) is 0 Å². The average molecular weight is 269 g/mol. The van der Waals surface area contributed by atoms with Gasteiger partial charge in [-0.2, -0.15) is 0 Å². The number of carbonyl (C=O) groups excluding carboxylic acids is 1. The van der Waals surface area contributed by atoms with Crippen LogP contribution < -0.4 is 11.1 Å². The van der Waals surface area contributed by atoms with E-state index in [1.807, 2.05) is 0 Å². The Bertz CT molecular complexity index is 431. The summed E-state index contributed by atoms with van der Waals surface area (Å²) in [5.41, 5.74) is 6.63. The number of hydrogen-bond acceptors (Lipinski definition) is 3. The lowest BCUT2D eigenvalue weighted by Gasteiger charge is -2.10. The minimum atomic E-state index is -0.150. The van der Waals surface area contributed by atoms with Crippen LogP contribution >= 0.6 is 11.6 Å². The standard InChI is InChI=1S/C13H17ClN2O2/c14-10-1-2-11(12(15)7-10)13(17)16-5-3-9-4-6-18-8-9/h1-2,7,9H,3-6,8,15H2,(H,16,17). The van der Waals surface area contributed by atoms with Crippen molar-refractivity contribution in [3.05, 3.63) is 28.8 Å². The third kappa shape index (κ3) is 3.37. The topological polar surface area (TPSA) is 64.4 Å². The zero-order chi connectivity index (χ0) is 13.0. The van der Waals surface area contributed by atoms with E-state index in [2.05, 4.69) is 5.32 Å². The molecule has 1 aromatic carbocycles. The lowest BCUT2D eigenvalue weighted by Crippen LogP contribution is -2.26. The molecule has 0 aromatic heterocycles. The Morgan fingerprint density at radius 1 is 1.56 bits per heavy atom. The van der Waals surface area contributed by atoms with Gasteiger partial charge in [-0.3, -0.25) is 4.79 Å². The highest BCUT2D eigenvalue weighted by atomic mass is 35.5. The van der Waals surface area contributed by atoms with Crippen molar-refractivity contribution in [3.63, 3.8) is 0 Å². The van der Waals surface area contributed by atoms with Gasteiger partial charge < -0.3 is 15.8 Å². The average Bonchev–Trinajstić information content (AvgIpc) is 2.81. The Labute approximate surface area is 111 Å². The van der Waals surface area contributed by atoms with Crippen molar-refractivity contribution in [2.45, 2.75) is 12.8 Å². The van der Waals surface area contributed by atoms with Gasteiger partial charge in [-0.25, -0.2) is 0 Å². The number of halogens is 1. The SMILES string of the molecule is Nc1cc(Cl)ccc1C(=O)NCCC1CCOC1. The first-order valence-corrected chi connectivity index (χ1v) is 6.45. The van der Waals surface area contributed by atoms with E-state index < -0.39 is 0 Å². The van der Waals surface area contributed by atoms with E-state index in [1.54, 1.807) is 18.2 Å². The molecule has 1 heterocycles. The van der Waals surface area contributed by atoms with Crippen molar-refractivity contribution < 1.29 is 9.53 Å². The Hall–Kier alpha value is -1.26. The number of carbonyl (C=O) groups is 1. The van der Waals surface area contributed by atoms with Crippen molar-refractivity contribution in [2.24, 2.45) is 5.92 Å². The smallest absolute Gasteiger partial charge is 0.253 e. The number of nitrogens with two attached hydrogens (primary N) is 1. The van der Waals surface area contributed by atoms with Gasteiger partial charge in [-0.05, 0) is 37.0 Å². The highest BCUT2D eigenvalue weighted by molar-refractivity contribution is 6.31. The molecule has 1 aliphatic rings. The number of ether oxygens (including phenoxy) is 1. The molecule has 0 aliphatic carbocycles. The zero-order valence-corrected chi connectivity index (χ0v) is 10.9. The van der Waals surface area contributed by atoms with Gasteiger partial charge in [0.2, 0.25) is 0 Å². The molecule has 0 bridgehead atoms. The van der Waals surface area contributed by atoms with Gasteiger partial charge in [0.15, 0.2) is 0 Å². The van der Waals surface area contributed by atoms with Crippen LogP contribution in [0.4, 0.5) is 5.69 Å². The summed E-state index contributed by atoms with van der Waals surface area (Å²) in [5, 5.41) is 3.40. The Kier molecular flexibility index (Phi) is 4.44. The molecule has 1 atom stereocenters. The first-order valence-electron chi connectivity index (χ1n) is 6.08. The van der Waals surface area contributed by atoms with Gasteiger partial charge in [0.05, 0.1) is 5.56 Å². The van der Waals surface area contributed by atoms with Crippen LogP contribution in [0.3, 0.4) is 0 Å².